The first-order valence-electron chi connectivity index (χ1n) is 7.51. The summed E-state index contributed by atoms with van der Waals surface area (Å²) in [6.45, 7) is 0. The van der Waals surface area contributed by atoms with Crippen LogP contribution in [0.1, 0.15) is 48.5 Å². The normalized spacial score (nSPS) is 38.1. The van der Waals surface area contributed by atoms with Gasteiger partial charge in [-0.1, -0.05) is 0 Å². The number of hydrogen-bond acceptors (Lipinski definition) is 4. The van der Waals surface area contributed by atoms with Gasteiger partial charge in [0.1, 0.15) is 11.4 Å². The van der Waals surface area contributed by atoms with Crippen LogP contribution in [-0.4, -0.2) is 15.7 Å². The highest BCUT2D eigenvalue weighted by Gasteiger charge is 2.49. The number of nitrogen functional groups attached to an aromatic ring is 2. The third kappa shape index (κ3) is 1.60. The molecule has 1 aromatic rings. The van der Waals surface area contributed by atoms with Gasteiger partial charge >= 0.3 is 0 Å². The lowest BCUT2D eigenvalue weighted by molar-refractivity contribution is -0.0327. The van der Waals surface area contributed by atoms with Crippen molar-refractivity contribution in [3.05, 3.63) is 11.8 Å². The predicted octanol–water partition coefficient (Wildman–Crippen LogP) is 1.07. The van der Waals surface area contributed by atoms with E-state index in [4.69, 9.17) is 11.6 Å². The van der Waals surface area contributed by atoms with Gasteiger partial charge in [0.2, 0.25) is 0 Å². The Bertz CT molecular complexity index is 524. The fourth-order valence-corrected chi connectivity index (χ4v) is 5.16. The van der Waals surface area contributed by atoms with E-state index in [9.17, 15) is 4.79 Å². The highest BCUT2D eigenvalue weighted by molar-refractivity contribution is 5.97. The smallest absolute Gasteiger partial charge is 0.270 e. The van der Waals surface area contributed by atoms with Gasteiger partial charge in [0, 0.05) is 0 Å². The summed E-state index contributed by atoms with van der Waals surface area (Å²) in [6.07, 6.45) is 8.17. The van der Waals surface area contributed by atoms with Crippen molar-refractivity contribution < 1.29 is 4.79 Å². The van der Waals surface area contributed by atoms with Crippen LogP contribution in [0.3, 0.4) is 0 Å². The fraction of sp³-hybridized carbons (Fsp3) is 0.714. The lowest BCUT2D eigenvalue weighted by atomic mass is 9.54. The van der Waals surface area contributed by atoms with Crippen molar-refractivity contribution in [2.45, 2.75) is 38.1 Å². The molecule has 0 radical (unpaired) electrons. The SMILES string of the molecule is NNC(=O)c1cnn(C2C3CC4CC(C3)CC2C4)c1N. The molecule has 1 amide bonds. The van der Waals surface area contributed by atoms with Gasteiger partial charge in [-0.15, -0.1) is 0 Å². The molecule has 1 heterocycles. The number of hydrazine groups is 1. The maximum absolute atomic E-state index is 11.7. The first kappa shape index (κ1) is 12.2. The second-order valence-electron chi connectivity index (χ2n) is 6.78. The molecule has 20 heavy (non-hydrogen) atoms. The molecule has 4 bridgehead atoms. The van der Waals surface area contributed by atoms with E-state index in [0.717, 1.165) is 11.8 Å². The highest BCUT2D eigenvalue weighted by Crippen LogP contribution is 2.58. The summed E-state index contributed by atoms with van der Waals surface area (Å²) in [4.78, 5) is 11.7. The Kier molecular flexibility index (Phi) is 2.57. The Morgan fingerprint density at radius 2 is 1.80 bits per heavy atom. The number of hydrogen-bond donors (Lipinski definition) is 3. The van der Waals surface area contributed by atoms with Crippen molar-refractivity contribution in [2.75, 3.05) is 5.73 Å². The van der Waals surface area contributed by atoms with Crippen LogP contribution in [0.25, 0.3) is 0 Å². The number of nitrogens with one attached hydrogen (secondary N) is 1. The topological polar surface area (TPSA) is 99.0 Å². The standard InChI is InChI=1S/C14H21N5O/c15-13-11(14(20)18-16)6-17-19(13)12-9-2-7-1-8(4-9)5-10(12)3-7/h6-10,12H,1-5,15-16H2,(H,18,20). The highest BCUT2D eigenvalue weighted by atomic mass is 16.2. The van der Waals surface area contributed by atoms with Crippen molar-refractivity contribution in [3.63, 3.8) is 0 Å². The molecular formula is C14H21N5O. The van der Waals surface area contributed by atoms with E-state index >= 15 is 0 Å². The number of carbonyl (C=O) groups is 1. The van der Waals surface area contributed by atoms with E-state index in [-0.39, 0.29) is 5.91 Å². The third-order valence-electron chi connectivity index (χ3n) is 5.67. The second-order valence-corrected chi connectivity index (χ2v) is 6.78. The van der Waals surface area contributed by atoms with Gasteiger partial charge in [0.25, 0.3) is 5.91 Å². The number of rotatable bonds is 2. The molecule has 108 valence electrons. The predicted molar refractivity (Wildman–Crippen MR) is 74.4 cm³/mol. The van der Waals surface area contributed by atoms with Gasteiger partial charge in [-0.3, -0.25) is 10.2 Å². The Morgan fingerprint density at radius 1 is 1.20 bits per heavy atom. The van der Waals surface area contributed by atoms with Crippen LogP contribution in [0.15, 0.2) is 6.20 Å². The van der Waals surface area contributed by atoms with Crippen molar-refractivity contribution in [1.82, 2.24) is 15.2 Å². The average Bonchev–Trinajstić information content (AvgIpc) is 2.79. The first-order valence-corrected chi connectivity index (χ1v) is 7.51. The molecule has 5 rings (SSSR count). The zero-order valence-corrected chi connectivity index (χ0v) is 11.5. The minimum atomic E-state index is -0.363. The van der Waals surface area contributed by atoms with Gasteiger partial charge < -0.3 is 5.73 Å². The molecular weight excluding hydrogens is 254 g/mol. The fourth-order valence-electron chi connectivity index (χ4n) is 5.16. The van der Waals surface area contributed by atoms with Crippen LogP contribution in [0.2, 0.25) is 0 Å². The van der Waals surface area contributed by atoms with Crippen LogP contribution in [0.4, 0.5) is 5.82 Å². The van der Waals surface area contributed by atoms with E-state index in [1.54, 1.807) is 6.20 Å². The molecule has 0 aromatic carbocycles. The van der Waals surface area contributed by atoms with E-state index in [2.05, 4.69) is 10.5 Å². The summed E-state index contributed by atoms with van der Waals surface area (Å²) >= 11 is 0. The van der Waals surface area contributed by atoms with E-state index in [1.165, 1.54) is 32.1 Å². The lowest BCUT2D eigenvalue weighted by Gasteiger charge is -2.54. The van der Waals surface area contributed by atoms with E-state index in [1.807, 2.05) is 4.68 Å². The monoisotopic (exact) mass is 275 g/mol. The first-order chi connectivity index (χ1) is 9.67. The number of aromatic nitrogens is 2. The van der Waals surface area contributed by atoms with E-state index < -0.39 is 0 Å². The zero-order chi connectivity index (χ0) is 13.9. The number of anilines is 1. The van der Waals surface area contributed by atoms with Crippen molar-refractivity contribution >= 4 is 11.7 Å². The van der Waals surface area contributed by atoms with Crippen LogP contribution < -0.4 is 17.0 Å². The molecule has 6 heteroatoms. The quantitative estimate of drug-likeness (QED) is 0.427. The molecule has 0 aliphatic heterocycles. The molecule has 5 N–H and O–H groups in total. The van der Waals surface area contributed by atoms with E-state index in [0.29, 0.717) is 29.3 Å². The molecule has 6 nitrogen and oxygen atoms in total. The lowest BCUT2D eigenvalue weighted by Crippen LogP contribution is -2.46. The number of nitrogens with two attached hydrogens (primary N) is 2. The third-order valence-corrected chi connectivity index (χ3v) is 5.67. The van der Waals surface area contributed by atoms with Gasteiger partial charge in [0.05, 0.1) is 12.2 Å². The minimum Gasteiger partial charge on any atom is -0.383 e. The van der Waals surface area contributed by atoms with Crippen LogP contribution in [-0.2, 0) is 0 Å². The summed E-state index contributed by atoms with van der Waals surface area (Å²) in [5.41, 5.74) is 8.66. The van der Waals surface area contributed by atoms with Gasteiger partial charge in [-0.2, -0.15) is 5.10 Å². The summed E-state index contributed by atoms with van der Waals surface area (Å²) < 4.78 is 1.90. The van der Waals surface area contributed by atoms with Crippen molar-refractivity contribution in [1.29, 1.82) is 0 Å². The summed E-state index contributed by atoms with van der Waals surface area (Å²) in [6, 6.07) is 0.377. The second kappa shape index (κ2) is 4.22. The molecule has 0 saturated heterocycles. The number of nitrogens with zero attached hydrogens (tertiary/aromatic N) is 2. The van der Waals surface area contributed by atoms with Crippen LogP contribution in [0.5, 0.6) is 0 Å². The molecule has 0 spiro atoms. The molecule has 4 fully saturated rings. The number of carbonyl (C=O) groups excluding carboxylic acids is 1. The zero-order valence-electron chi connectivity index (χ0n) is 11.5. The van der Waals surface area contributed by atoms with Gasteiger partial charge in [-0.25, -0.2) is 10.5 Å². The molecule has 0 atom stereocenters. The Morgan fingerprint density at radius 3 is 2.35 bits per heavy atom. The Labute approximate surface area is 117 Å². The maximum Gasteiger partial charge on any atom is 0.270 e. The maximum atomic E-state index is 11.7. The van der Waals surface area contributed by atoms with Crippen LogP contribution in [0, 0.1) is 23.7 Å². The number of amides is 1. The summed E-state index contributed by atoms with van der Waals surface area (Å²) in [5.74, 6) is 8.48. The molecule has 4 aliphatic rings. The molecule has 4 aliphatic carbocycles. The molecule has 0 unspecified atom stereocenters. The minimum absolute atomic E-state index is 0.363. The Balaban J connectivity index is 1.68. The summed E-state index contributed by atoms with van der Waals surface area (Å²) in [5, 5.41) is 4.41. The molecule has 4 saturated carbocycles. The van der Waals surface area contributed by atoms with Crippen molar-refractivity contribution in [3.8, 4) is 0 Å². The van der Waals surface area contributed by atoms with Crippen molar-refractivity contribution in [2.24, 2.45) is 29.5 Å². The largest absolute Gasteiger partial charge is 0.383 e. The summed E-state index contributed by atoms with van der Waals surface area (Å²) in [7, 11) is 0. The van der Waals surface area contributed by atoms with Gasteiger partial charge in [-0.05, 0) is 55.8 Å². The van der Waals surface area contributed by atoms with Gasteiger partial charge in [0.15, 0.2) is 0 Å². The average molecular weight is 275 g/mol. The molecule has 1 aromatic heterocycles. The van der Waals surface area contributed by atoms with Crippen LogP contribution >= 0.6 is 0 Å². The Hall–Kier alpha value is -1.56.